The van der Waals surface area contributed by atoms with E-state index >= 15 is 0 Å². The number of piperazine rings is 1. The molecule has 1 aromatic rings. The van der Waals surface area contributed by atoms with Gasteiger partial charge in [-0.2, -0.15) is 0 Å². The fourth-order valence-electron chi connectivity index (χ4n) is 2.70. The van der Waals surface area contributed by atoms with Gasteiger partial charge in [-0.1, -0.05) is 30.3 Å². The molecule has 1 fully saturated rings. The third-order valence-electron chi connectivity index (χ3n) is 4.34. The first-order valence-electron chi connectivity index (χ1n) is 7.64. The Morgan fingerprint density at radius 3 is 2.75 bits per heavy atom. The molecule has 112 valence electrons. The number of methoxy groups -OCH3 is 1. The van der Waals surface area contributed by atoms with Gasteiger partial charge in [0.25, 0.3) is 0 Å². The van der Waals surface area contributed by atoms with Crippen molar-refractivity contribution < 1.29 is 4.74 Å². The average molecular weight is 276 g/mol. The molecule has 0 bridgehead atoms. The van der Waals surface area contributed by atoms with E-state index in [1.807, 2.05) is 0 Å². The molecule has 1 N–H and O–H groups in total. The van der Waals surface area contributed by atoms with E-state index in [1.165, 1.54) is 5.56 Å². The quantitative estimate of drug-likeness (QED) is 0.863. The molecular formula is C17H28N2O. The van der Waals surface area contributed by atoms with Crippen LogP contribution in [0.2, 0.25) is 0 Å². The topological polar surface area (TPSA) is 24.5 Å². The van der Waals surface area contributed by atoms with Crippen LogP contribution >= 0.6 is 0 Å². The zero-order valence-corrected chi connectivity index (χ0v) is 13.1. The molecule has 1 aliphatic rings. The summed E-state index contributed by atoms with van der Waals surface area (Å²) in [7, 11) is 1.80. The van der Waals surface area contributed by atoms with E-state index in [4.69, 9.17) is 4.74 Å². The maximum atomic E-state index is 5.54. The Labute approximate surface area is 123 Å². The number of nitrogens with one attached hydrogen (secondary N) is 1. The zero-order chi connectivity index (χ0) is 14.4. The SMILES string of the molecule is COC(C)(C)CCN1CCNCC1Cc1ccccc1. The maximum Gasteiger partial charge on any atom is 0.0634 e. The van der Waals surface area contributed by atoms with Crippen LogP contribution in [0.15, 0.2) is 30.3 Å². The summed E-state index contributed by atoms with van der Waals surface area (Å²) in [5.74, 6) is 0. The van der Waals surface area contributed by atoms with Gasteiger partial charge in [-0.05, 0) is 32.3 Å². The Bertz CT molecular complexity index is 391. The molecule has 0 amide bonds. The minimum atomic E-state index is -0.0256. The highest BCUT2D eigenvalue weighted by Gasteiger charge is 2.25. The second-order valence-corrected chi connectivity index (χ2v) is 6.30. The molecule has 0 radical (unpaired) electrons. The molecule has 3 heteroatoms. The standard InChI is InChI=1S/C17H28N2O/c1-17(2,20-3)9-11-19-12-10-18-14-16(19)13-15-7-5-4-6-8-15/h4-8,16,18H,9-14H2,1-3H3. The molecule has 1 unspecified atom stereocenters. The van der Waals surface area contributed by atoms with E-state index in [1.54, 1.807) is 7.11 Å². The van der Waals surface area contributed by atoms with Crippen LogP contribution in [0, 0.1) is 0 Å². The van der Waals surface area contributed by atoms with Crippen molar-refractivity contribution in [2.24, 2.45) is 0 Å². The molecule has 2 rings (SSSR count). The summed E-state index contributed by atoms with van der Waals surface area (Å²) in [4.78, 5) is 2.62. The van der Waals surface area contributed by atoms with E-state index < -0.39 is 0 Å². The highest BCUT2D eigenvalue weighted by atomic mass is 16.5. The van der Waals surface area contributed by atoms with Gasteiger partial charge in [-0.3, -0.25) is 4.90 Å². The molecule has 0 aliphatic carbocycles. The number of benzene rings is 1. The van der Waals surface area contributed by atoms with Gasteiger partial charge >= 0.3 is 0 Å². The number of rotatable bonds is 6. The van der Waals surface area contributed by atoms with Crippen LogP contribution < -0.4 is 5.32 Å². The van der Waals surface area contributed by atoms with Crippen LogP contribution in [-0.4, -0.2) is 49.8 Å². The number of ether oxygens (including phenoxy) is 1. The van der Waals surface area contributed by atoms with Gasteiger partial charge < -0.3 is 10.1 Å². The van der Waals surface area contributed by atoms with E-state index in [0.717, 1.165) is 39.0 Å². The largest absolute Gasteiger partial charge is 0.379 e. The summed E-state index contributed by atoms with van der Waals surface area (Å²) in [5, 5.41) is 3.52. The number of hydrogen-bond acceptors (Lipinski definition) is 3. The molecule has 1 saturated heterocycles. The van der Waals surface area contributed by atoms with Crippen molar-refractivity contribution in [1.29, 1.82) is 0 Å². The van der Waals surface area contributed by atoms with Gasteiger partial charge in [0.1, 0.15) is 0 Å². The van der Waals surface area contributed by atoms with Crippen LogP contribution in [0.5, 0.6) is 0 Å². The van der Waals surface area contributed by atoms with Crippen LogP contribution in [0.25, 0.3) is 0 Å². The minimum absolute atomic E-state index is 0.0256. The summed E-state index contributed by atoms with van der Waals surface area (Å²) >= 11 is 0. The van der Waals surface area contributed by atoms with E-state index in [-0.39, 0.29) is 5.60 Å². The zero-order valence-electron chi connectivity index (χ0n) is 13.1. The molecule has 1 heterocycles. The lowest BCUT2D eigenvalue weighted by Gasteiger charge is -2.38. The highest BCUT2D eigenvalue weighted by molar-refractivity contribution is 5.16. The molecular weight excluding hydrogens is 248 g/mol. The van der Waals surface area contributed by atoms with Gasteiger partial charge in [0.15, 0.2) is 0 Å². The normalized spacial score (nSPS) is 21.1. The Balaban J connectivity index is 1.92. The summed E-state index contributed by atoms with van der Waals surface area (Å²) < 4.78 is 5.54. The van der Waals surface area contributed by atoms with Gasteiger partial charge in [0, 0.05) is 39.3 Å². The fourth-order valence-corrected chi connectivity index (χ4v) is 2.70. The monoisotopic (exact) mass is 276 g/mol. The Morgan fingerprint density at radius 1 is 1.30 bits per heavy atom. The summed E-state index contributed by atoms with van der Waals surface area (Å²) in [6.45, 7) is 8.76. The van der Waals surface area contributed by atoms with Crippen molar-refractivity contribution in [3.8, 4) is 0 Å². The van der Waals surface area contributed by atoms with Gasteiger partial charge in [0.05, 0.1) is 5.60 Å². The summed E-state index contributed by atoms with van der Waals surface area (Å²) in [5.41, 5.74) is 1.40. The van der Waals surface area contributed by atoms with Crippen LogP contribution in [-0.2, 0) is 11.2 Å². The van der Waals surface area contributed by atoms with Crippen molar-refractivity contribution in [2.45, 2.75) is 38.3 Å². The first kappa shape index (κ1) is 15.5. The highest BCUT2D eigenvalue weighted by Crippen LogP contribution is 2.17. The van der Waals surface area contributed by atoms with Crippen molar-refractivity contribution in [3.63, 3.8) is 0 Å². The average Bonchev–Trinajstić information content (AvgIpc) is 2.47. The predicted octanol–water partition coefficient (Wildman–Crippen LogP) is 2.32. The smallest absolute Gasteiger partial charge is 0.0634 e. The van der Waals surface area contributed by atoms with Gasteiger partial charge in [-0.25, -0.2) is 0 Å². The minimum Gasteiger partial charge on any atom is -0.379 e. The lowest BCUT2D eigenvalue weighted by Crippen LogP contribution is -2.53. The van der Waals surface area contributed by atoms with Gasteiger partial charge in [-0.15, -0.1) is 0 Å². The van der Waals surface area contributed by atoms with Crippen molar-refractivity contribution in [1.82, 2.24) is 10.2 Å². The third-order valence-corrected chi connectivity index (χ3v) is 4.34. The lowest BCUT2D eigenvalue weighted by molar-refractivity contribution is 0.00205. The molecule has 1 aliphatic heterocycles. The van der Waals surface area contributed by atoms with Gasteiger partial charge in [0.2, 0.25) is 0 Å². The van der Waals surface area contributed by atoms with Crippen molar-refractivity contribution in [2.75, 3.05) is 33.3 Å². The van der Waals surface area contributed by atoms with E-state index in [0.29, 0.717) is 6.04 Å². The Morgan fingerprint density at radius 2 is 2.05 bits per heavy atom. The number of nitrogens with zero attached hydrogens (tertiary/aromatic N) is 1. The second-order valence-electron chi connectivity index (χ2n) is 6.30. The third kappa shape index (κ3) is 4.58. The van der Waals surface area contributed by atoms with Crippen LogP contribution in [0.1, 0.15) is 25.8 Å². The summed E-state index contributed by atoms with van der Waals surface area (Å²) in [6, 6.07) is 11.4. The van der Waals surface area contributed by atoms with Crippen LogP contribution in [0.4, 0.5) is 0 Å². The molecule has 1 atom stereocenters. The molecule has 20 heavy (non-hydrogen) atoms. The first-order valence-corrected chi connectivity index (χ1v) is 7.64. The molecule has 0 aromatic heterocycles. The van der Waals surface area contributed by atoms with E-state index in [2.05, 4.69) is 54.4 Å². The molecule has 0 saturated carbocycles. The lowest BCUT2D eigenvalue weighted by atomic mass is 10.00. The fraction of sp³-hybridized carbons (Fsp3) is 0.647. The predicted molar refractivity (Wildman–Crippen MR) is 84.1 cm³/mol. The van der Waals surface area contributed by atoms with Crippen molar-refractivity contribution in [3.05, 3.63) is 35.9 Å². The Hall–Kier alpha value is -0.900. The second kappa shape index (κ2) is 7.21. The molecule has 0 spiro atoms. The first-order chi connectivity index (χ1) is 9.61. The molecule has 3 nitrogen and oxygen atoms in total. The summed E-state index contributed by atoms with van der Waals surface area (Å²) in [6.07, 6.45) is 2.20. The van der Waals surface area contributed by atoms with E-state index in [9.17, 15) is 0 Å². The maximum absolute atomic E-state index is 5.54. The number of hydrogen-bond donors (Lipinski definition) is 1. The Kier molecular flexibility index (Phi) is 5.58. The van der Waals surface area contributed by atoms with Crippen LogP contribution in [0.3, 0.4) is 0 Å². The molecule has 1 aromatic carbocycles. The van der Waals surface area contributed by atoms with Crippen molar-refractivity contribution >= 4 is 0 Å².